The number of benzene rings is 3. The van der Waals surface area contributed by atoms with Gasteiger partial charge in [-0.05, 0) is 95.1 Å². The minimum absolute atomic E-state index is 0.187. The summed E-state index contributed by atoms with van der Waals surface area (Å²) in [4.78, 5) is 39.4. The largest absolute Gasteiger partial charge is 0.493 e. The van der Waals surface area contributed by atoms with Crippen LogP contribution in [0, 0.1) is 23.2 Å². The average molecular weight is 600 g/mol. The number of hydrogen-bond acceptors (Lipinski definition) is 5. The van der Waals surface area contributed by atoms with Gasteiger partial charge in [-0.25, -0.2) is 14.1 Å². The van der Waals surface area contributed by atoms with Crippen molar-refractivity contribution in [2.24, 2.45) is 0 Å². The molecule has 36 heavy (non-hydrogen) atoms. The molecule has 3 aromatic carbocycles. The van der Waals surface area contributed by atoms with Crippen molar-refractivity contribution in [2.75, 3.05) is 12.0 Å². The van der Waals surface area contributed by atoms with Gasteiger partial charge in [0.15, 0.2) is 11.5 Å². The number of halogens is 2. The zero-order valence-corrected chi connectivity index (χ0v) is 21.9. The summed E-state index contributed by atoms with van der Waals surface area (Å²) < 4.78 is 25.2. The van der Waals surface area contributed by atoms with E-state index >= 15 is 0 Å². The third kappa shape index (κ3) is 5.11. The van der Waals surface area contributed by atoms with Crippen molar-refractivity contribution in [3.05, 3.63) is 91.8 Å². The Morgan fingerprint density at radius 3 is 2.47 bits per heavy atom. The zero-order valence-electron chi connectivity index (χ0n) is 19.7. The number of hydrogen-bond donors (Lipinski definition) is 1. The van der Waals surface area contributed by atoms with Crippen molar-refractivity contribution in [1.82, 2.24) is 5.32 Å². The van der Waals surface area contributed by atoms with Crippen LogP contribution in [0.2, 0.25) is 0 Å². The second-order valence-electron chi connectivity index (χ2n) is 8.13. The number of methoxy groups -OCH3 is 1. The molecule has 0 aliphatic carbocycles. The molecule has 9 heteroatoms. The third-order valence-corrected chi connectivity index (χ3v) is 6.58. The summed E-state index contributed by atoms with van der Waals surface area (Å²) in [6.45, 7) is 3.88. The molecule has 1 fully saturated rings. The van der Waals surface area contributed by atoms with Gasteiger partial charge in [0, 0.05) is 0 Å². The highest BCUT2D eigenvalue weighted by molar-refractivity contribution is 14.1. The lowest BCUT2D eigenvalue weighted by atomic mass is 10.0. The predicted octanol–water partition coefficient (Wildman–Crippen LogP) is 5.30. The van der Waals surface area contributed by atoms with Gasteiger partial charge in [0.05, 0.1) is 16.4 Å². The maximum absolute atomic E-state index is 13.3. The molecule has 4 amide bonds. The van der Waals surface area contributed by atoms with E-state index in [2.05, 4.69) is 27.9 Å². The summed E-state index contributed by atoms with van der Waals surface area (Å²) >= 11 is 2.07. The number of nitrogens with one attached hydrogen (secondary N) is 1. The van der Waals surface area contributed by atoms with Crippen molar-refractivity contribution in [3.63, 3.8) is 0 Å². The predicted molar refractivity (Wildman–Crippen MR) is 141 cm³/mol. The van der Waals surface area contributed by atoms with Crippen LogP contribution in [0.15, 0.2) is 60.2 Å². The van der Waals surface area contributed by atoms with E-state index in [0.29, 0.717) is 26.3 Å². The number of rotatable bonds is 6. The number of imide groups is 2. The summed E-state index contributed by atoms with van der Waals surface area (Å²) in [5, 5.41) is 2.25. The van der Waals surface area contributed by atoms with Gasteiger partial charge in [0.2, 0.25) is 0 Å². The highest BCUT2D eigenvalue weighted by Crippen LogP contribution is 2.36. The van der Waals surface area contributed by atoms with E-state index in [-0.39, 0.29) is 18.0 Å². The van der Waals surface area contributed by atoms with Crippen molar-refractivity contribution >= 4 is 52.2 Å². The van der Waals surface area contributed by atoms with Gasteiger partial charge in [-0.15, -0.1) is 0 Å². The molecule has 0 bridgehead atoms. The Bertz CT molecular complexity index is 1400. The molecule has 1 N–H and O–H groups in total. The molecule has 4 rings (SSSR count). The number of amides is 4. The molecule has 184 valence electrons. The Balaban J connectivity index is 1.66. The van der Waals surface area contributed by atoms with Crippen molar-refractivity contribution < 1.29 is 28.2 Å². The lowest BCUT2D eigenvalue weighted by Gasteiger charge is -2.28. The van der Waals surface area contributed by atoms with Crippen molar-refractivity contribution in [2.45, 2.75) is 20.5 Å². The van der Waals surface area contributed by atoms with Crippen molar-refractivity contribution in [1.29, 1.82) is 0 Å². The summed E-state index contributed by atoms with van der Waals surface area (Å²) in [6, 6.07) is 13.8. The minimum Gasteiger partial charge on any atom is -0.493 e. The van der Waals surface area contributed by atoms with Gasteiger partial charge in [-0.1, -0.05) is 24.3 Å². The van der Waals surface area contributed by atoms with Crippen molar-refractivity contribution in [3.8, 4) is 11.5 Å². The smallest absolute Gasteiger partial charge is 0.335 e. The molecule has 1 saturated heterocycles. The highest BCUT2D eigenvalue weighted by atomic mass is 127. The fourth-order valence-electron chi connectivity index (χ4n) is 3.72. The first-order chi connectivity index (χ1) is 17.2. The lowest BCUT2D eigenvalue weighted by molar-refractivity contribution is -0.122. The molecule has 0 atom stereocenters. The number of ether oxygens (including phenoxy) is 2. The van der Waals surface area contributed by atoms with Gasteiger partial charge < -0.3 is 9.47 Å². The Kier molecular flexibility index (Phi) is 7.39. The first-order valence-electron chi connectivity index (χ1n) is 10.9. The Hall–Kier alpha value is -3.73. The number of carbonyl (C=O) groups excluding carboxylic acids is 3. The van der Waals surface area contributed by atoms with Crippen LogP contribution >= 0.6 is 22.6 Å². The second kappa shape index (κ2) is 10.5. The Morgan fingerprint density at radius 2 is 1.78 bits per heavy atom. The van der Waals surface area contributed by atoms with Gasteiger partial charge >= 0.3 is 6.03 Å². The SMILES string of the molecule is COc1cc(/C=C2\C(=O)NC(=O)N(c3cccc(C)c3C)C2=O)cc(I)c1OCc1ccc(F)cc1. The third-order valence-electron chi connectivity index (χ3n) is 5.78. The molecule has 3 aromatic rings. The summed E-state index contributed by atoms with van der Waals surface area (Å²) in [5.41, 5.74) is 3.18. The molecular formula is C27H22FIN2O5. The zero-order chi connectivity index (χ0) is 26.0. The van der Waals surface area contributed by atoms with Crippen LogP contribution in [-0.2, 0) is 16.2 Å². The normalized spacial score (nSPS) is 14.8. The van der Waals surface area contributed by atoms with Crippen LogP contribution in [0.3, 0.4) is 0 Å². The Morgan fingerprint density at radius 1 is 1.06 bits per heavy atom. The lowest BCUT2D eigenvalue weighted by Crippen LogP contribution is -2.54. The number of nitrogens with zero attached hydrogens (tertiary/aromatic N) is 1. The number of anilines is 1. The average Bonchev–Trinajstić information content (AvgIpc) is 2.84. The highest BCUT2D eigenvalue weighted by Gasteiger charge is 2.37. The van der Waals surface area contributed by atoms with Crippen LogP contribution in [0.4, 0.5) is 14.9 Å². The van der Waals surface area contributed by atoms with Gasteiger partial charge in [0.1, 0.15) is 18.0 Å². The van der Waals surface area contributed by atoms with Crippen LogP contribution in [0.25, 0.3) is 6.08 Å². The molecule has 7 nitrogen and oxygen atoms in total. The first-order valence-corrected chi connectivity index (χ1v) is 12.0. The fraction of sp³-hybridized carbons (Fsp3) is 0.148. The minimum atomic E-state index is -0.799. The standard InChI is InChI=1S/C27H22FIN2O5/c1-15-5-4-6-22(16(15)2)31-26(33)20(25(32)30-27(31)34)11-18-12-21(29)24(23(13-18)35-3)36-14-17-7-9-19(28)10-8-17/h4-13H,14H2,1-3H3,(H,30,32,34)/b20-11+. The number of carbonyl (C=O) groups is 3. The van der Waals surface area contributed by atoms with E-state index in [1.165, 1.54) is 25.3 Å². The Labute approximate surface area is 221 Å². The van der Waals surface area contributed by atoms with E-state index in [1.807, 2.05) is 19.9 Å². The molecule has 0 radical (unpaired) electrons. The molecule has 1 heterocycles. The number of barbiturate groups is 1. The topological polar surface area (TPSA) is 84.9 Å². The fourth-order valence-corrected chi connectivity index (χ4v) is 4.50. The molecular weight excluding hydrogens is 578 g/mol. The van der Waals surface area contributed by atoms with E-state index in [0.717, 1.165) is 21.6 Å². The van der Waals surface area contributed by atoms with E-state index < -0.39 is 17.8 Å². The van der Waals surface area contributed by atoms with E-state index in [9.17, 15) is 18.8 Å². The quantitative estimate of drug-likeness (QED) is 0.236. The molecule has 1 aliphatic heterocycles. The maximum atomic E-state index is 13.3. The van der Waals surface area contributed by atoms with Gasteiger partial charge in [-0.3, -0.25) is 14.9 Å². The molecule has 1 aliphatic rings. The van der Waals surface area contributed by atoms with Crippen LogP contribution in [-0.4, -0.2) is 25.0 Å². The summed E-state index contributed by atoms with van der Waals surface area (Å²) in [6.07, 6.45) is 1.41. The van der Waals surface area contributed by atoms with Gasteiger partial charge in [-0.2, -0.15) is 0 Å². The molecule has 0 unspecified atom stereocenters. The molecule has 0 aromatic heterocycles. The molecule has 0 spiro atoms. The van der Waals surface area contributed by atoms with E-state index in [4.69, 9.17) is 9.47 Å². The van der Waals surface area contributed by atoms with Crippen LogP contribution in [0.1, 0.15) is 22.3 Å². The summed E-state index contributed by atoms with van der Waals surface area (Å²) in [5.74, 6) is -0.971. The van der Waals surface area contributed by atoms with Gasteiger partial charge in [0.25, 0.3) is 11.8 Å². The monoisotopic (exact) mass is 600 g/mol. The second-order valence-corrected chi connectivity index (χ2v) is 9.29. The summed E-state index contributed by atoms with van der Waals surface area (Å²) in [7, 11) is 1.48. The number of aryl methyl sites for hydroxylation is 1. The number of urea groups is 1. The van der Waals surface area contributed by atoms with Crippen LogP contribution < -0.4 is 19.7 Å². The first kappa shape index (κ1) is 25.4. The van der Waals surface area contributed by atoms with E-state index in [1.54, 1.807) is 36.4 Å². The maximum Gasteiger partial charge on any atom is 0.335 e. The molecule has 0 saturated carbocycles. The van der Waals surface area contributed by atoms with Crippen LogP contribution in [0.5, 0.6) is 11.5 Å².